The van der Waals surface area contributed by atoms with E-state index in [0.29, 0.717) is 22.1 Å². The average Bonchev–Trinajstić information content (AvgIpc) is 3.25. The first-order valence-electron chi connectivity index (χ1n) is 10.0. The van der Waals surface area contributed by atoms with Crippen LogP contribution in [-0.4, -0.2) is 28.5 Å². The van der Waals surface area contributed by atoms with Crippen molar-refractivity contribution in [3.63, 3.8) is 0 Å². The predicted octanol–water partition coefficient (Wildman–Crippen LogP) is 3.62. The fourth-order valence-electron chi connectivity index (χ4n) is 3.44. The Bertz CT molecular complexity index is 1260. The minimum atomic E-state index is -1.10. The van der Waals surface area contributed by atoms with Gasteiger partial charge in [-0.25, -0.2) is 4.79 Å². The van der Waals surface area contributed by atoms with Crippen LogP contribution in [0.4, 0.5) is 10.5 Å². The molecule has 3 N–H and O–H groups in total. The third kappa shape index (κ3) is 5.27. The van der Waals surface area contributed by atoms with Crippen molar-refractivity contribution < 1.29 is 24.2 Å². The largest absolute Gasteiger partial charge is 0.481 e. The number of urea groups is 1. The number of aromatic nitrogens is 1. The molecule has 0 fully saturated rings. The molecular weight excluding hydrogens is 450 g/mol. The van der Waals surface area contributed by atoms with E-state index in [1.807, 2.05) is 12.1 Å². The Morgan fingerprint density at radius 2 is 1.88 bits per heavy atom. The smallest absolute Gasteiger partial charge is 0.319 e. The SMILES string of the molecule is O=C(O)C[C@@H](NC(=O)Nc1cccn(Cc2ccccc2Cl)c1=O)c1ccc2c(c1)OCO2. The molecule has 0 aliphatic carbocycles. The molecular formula is C23H20ClN3O6. The molecule has 1 atom stereocenters. The van der Waals surface area contributed by atoms with Gasteiger partial charge in [0.2, 0.25) is 6.79 Å². The third-order valence-electron chi connectivity index (χ3n) is 5.05. The van der Waals surface area contributed by atoms with E-state index in [0.717, 1.165) is 5.56 Å². The van der Waals surface area contributed by atoms with Gasteiger partial charge in [0.1, 0.15) is 5.69 Å². The highest BCUT2D eigenvalue weighted by atomic mass is 35.5. The number of fused-ring (bicyclic) bond motifs is 1. The molecule has 0 saturated carbocycles. The van der Waals surface area contributed by atoms with Crippen molar-refractivity contribution in [3.8, 4) is 11.5 Å². The number of halogens is 1. The van der Waals surface area contributed by atoms with E-state index < -0.39 is 23.6 Å². The minimum absolute atomic E-state index is 0.0433. The summed E-state index contributed by atoms with van der Waals surface area (Å²) in [5, 5.41) is 14.9. The van der Waals surface area contributed by atoms with E-state index in [1.54, 1.807) is 42.6 Å². The molecule has 2 aromatic carbocycles. The molecule has 2 heterocycles. The Hall–Kier alpha value is -3.98. The number of carboxylic acids is 1. The van der Waals surface area contributed by atoms with Gasteiger partial charge in [-0.1, -0.05) is 35.9 Å². The summed E-state index contributed by atoms with van der Waals surface area (Å²) in [5.74, 6) is -0.0870. The maximum absolute atomic E-state index is 12.8. The minimum Gasteiger partial charge on any atom is -0.481 e. The van der Waals surface area contributed by atoms with Gasteiger partial charge < -0.3 is 29.8 Å². The topological polar surface area (TPSA) is 119 Å². The lowest BCUT2D eigenvalue weighted by molar-refractivity contribution is -0.137. The van der Waals surface area contributed by atoms with E-state index in [-0.39, 0.29) is 25.4 Å². The number of pyridine rings is 1. The number of ether oxygens (including phenoxy) is 2. The molecule has 0 unspecified atom stereocenters. The van der Waals surface area contributed by atoms with Crippen molar-refractivity contribution in [2.24, 2.45) is 0 Å². The summed E-state index contributed by atoms with van der Waals surface area (Å²) in [6, 6.07) is 13.6. The second-order valence-electron chi connectivity index (χ2n) is 7.31. The second kappa shape index (κ2) is 9.66. The van der Waals surface area contributed by atoms with Crippen LogP contribution < -0.4 is 25.7 Å². The summed E-state index contributed by atoms with van der Waals surface area (Å²) in [6.45, 7) is 0.305. The zero-order valence-electron chi connectivity index (χ0n) is 17.3. The normalized spacial score (nSPS) is 12.8. The number of aliphatic carboxylic acids is 1. The van der Waals surface area contributed by atoms with E-state index in [4.69, 9.17) is 21.1 Å². The summed E-state index contributed by atoms with van der Waals surface area (Å²) in [6.07, 6.45) is 1.23. The predicted molar refractivity (Wildman–Crippen MR) is 121 cm³/mol. The number of amides is 2. The van der Waals surface area contributed by atoms with Gasteiger partial charge in [-0.3, -0.25) is 9.59 Å². The number of hydrogen-bond donors (Lipinski definition) is 3. The summed E-state index contributed by atoms with van der Waals surface area (Å²) >= 11 is 6.18. The molecule has 0 saturated heterocycles. The number of carbonyl (C=O) groups is 2. The van der Waals surface area contributed by atoms with Crippen molar-refractivity contribution in [2.75, 3.05) is 12.1 Å². The highest BCUT2D eigenvalue weighted by molar-refractivity contribution is 6.31. The van der Waals surface area contributed by atoms with Crippen LogP contribution in [0.25, 0.3) is 0 Å². The second-order valence-corrected chi connectivity index (χ2v) is 7.72. The zero-order valence-corrected chi connectivity index (χ0v) is 18.0. The highest BCUT2D eigenvalue weighted by Gasteiger charge is 2.22. The molecule has 9 nitrogen and oxygen atoms in total. The zero-order chi connectivity index (χ0) is 23.4. The van der Waals surface area contributed by atoms with E-state index >= 15 is 0 Å². The van der Waals surface area contributed by atoms with Crippen molar-refractivity contribution in [3.05, 3.63) is 87.3 Å². The summed E-state index contributed by atoms with van der Waals surface area (Å²) in [5.41, 5.74) is 0.903. The van der Waals surface area contributed by atoms with Gasteiger partial charge in [0, 0.05) is 11.2 Å². The molecule has 1 aromatic heterocycles. The maximum atomic E-state index is 12.8. The van der Waals surface area contributed by atoms with Gasteiger partial charge in [0.25, 0.3) is 5.56 Å². The lowest BCUT2D eigenvalue weighted by Gasteiger charge is -2.18. The first-order chi connectivity index (χ1) is 15.9. The van der Waals surface area contributed by atoms with Crippen LogP contribution in [0.2, 0.25) is 5.02 Å². The standard InChI is InChI=1S/C23H20ClN3O6/c24-16-5-2-1-4-15(16)12-27-9-3-6-17(22(27)30)25-23(31)26-18(11-21(28)29)14-7-8-19-20(10-14)33-13-32-19/h1-10,18H,11-13H2,(H,28,29)(H2,25,26,31)/t18-/m1/s1. The Labute approximate surface area is 193 Å². The fraction of sp³-hybridized carbons (Fsp3) is 0.174. The van der Waals surface area contributed by atoms with Crippen molar-refractivity contribution in [1.82, 2.24) is 9.88 Å². The first kappa shape index (κ1) is 22.2. The molecule has 170 valence electrons. The van der Waals surface area contributed by atoms with Crippen LogP contribution in [-0.2, 0) is 11.3 Å². The van der Waals surface area contributed by atoms with Crippen LogP contribution in [0.3, 0.4) is 0 Å². The summed E-state index contributed by atoms with van der Waals surface area (Å²) in [4.78, 5) is 36.8. The number of nitrogens with zero attached hydrogens (tertiary/aromatic N) is 1. The molecule has 2 amide bonds. The van der Waals surface area contributed by atoms with E-state index in [1.165, 1.54) is 10.6 Å². The van der Waals surface area contributed by atoms with Gasteiger partial charge in [-0.05, 0) is 41.5 Å². The van der Waals surface area contributed by atoms with Gasteiger partial charge in [0.05, 0.1) is 19.0 Å². The number of carboxylic acid groups (broad SMARTS) is 1. The molecule has 0 radical (unpaired) electrons. The maximum Gasteiger partial charge on any atom is 0.319 e. The van der Waals surface area contributed by atoms with E-state index in [9.17, 15) is 19.5 Å². The average molecular weight is 470 g/mol. The van der Waals surface area contributed by atoms with Crippen molar-refractivity contribution in [1.29, 1.82) is 0 Å². The molecule has 33 heavy (non-hydrogen) atoms. The monoisotopic (exact) mass is 469 g/mol. The number of hydrogen-bond acceptors (Lipinski definition) is 5. The number of rotatable bonds is 7. The number of carbonyl (C=O) groups excluding carboxylic acids is 1. The molecule has 0 bridgehead atoms. The molecule has 3 aromatic rings. The van der Waals surface area contributed by atoms with Crippen LogP contribution >= 0.6 is 11.6 Å². The lowest BCUT2D eigenvalue weighted by Crippen LogP contribution is -2.36. The molecule has 4 rings (SSSR count). The van der Waals surface area contributed by atoms with E-state index in [2.05, 4.69) is 10.6 Å². The Balaban J connectivity index is 1.50. The quantitative estimate of drug-likeness (QED) is 0.486. The molecule has 1 aliphatic rings. The fourth-order valence-corrected chi connectivity index (χ4v) is 3.64. The highest BCUT2D eigenvalue weighted by Crippen LogP contribution is 2.34. The van der Waals surface area contributed by atoms with Gasteiger partial charge in [0.15, 0.2) is 11.5 Å². The van der Waals surface area contributed by atoms with Crippen LogP contribution in [0.5, 0.6) is 11.5 Å². The Kier molecular flexibility index (Phi) is 6.50. The summed E-state index contributed by atoms with van der Waals surface area (Å²) in [7, 11) is 0. The third-order valence-corrected chi connectivity index (χ3v) is 5.42. The number of nitrogens with one attached hydrogen (secondary N) is 2. The molecule has 10 heteroatoms. The molecule has 1 aliphatic heterocycles. The lowest BCUT2D eigenvalue weighted by atomic mass is 10.0. The van der Waals surface area contributed by atoms with Gasteiger partial charge in [-0.15, -0.1) is 0 Å². The van der Waals surface area contributed by atoms with Crippen LogP contribution in [0.15, 0.2) is 65.6 Å². The van der Waals surface area contributed by atoms with Gasteiger partial charge in [-0.2, -0.15) is 0 Å². The van der Waals surface area contributed by atoms with Crippen molar-refractivity contribution in [2.45, 2.75) is 19.0 Å². The Morgan fingerprint density at radius 1 is 1.09 bits per heavy atom. The number of benzene rings is 2. The van der Waals surface area contributed by atoms with Gasteiger partial charge >= 0.3 is 12.0 Å². The van der Waals surface area contributed by atoms with Crippen LogP contribution in [0.1, 0.15) is 23.6 Å². The summed E-state index contributed by atoms with van der Waals surface area (Å²) < 4.78 is 12.0. The molecule has 0 spiro atoms. The number of anilines is 1. The first-order valence-corrected chi connectivity index (χ1v) is 10.4. The Morgan fingerprint density at radius 3 is 2.67 bits per heavy atom. The van der Waals surface area contributed by atoms with Crippen molar-refractivity contribution >= 4 is 29.3 Å². The van der Waals surface area contributed by atoms with Crippen LogP contribution in [0, 0.1) is 0 Å².